The first-order valence-corrected chi connectivity index (χ1v) is 7.92. The molecule has 0 bridgehead atoms. The number of alkyl halides is 3. The molecule has 1 heterocycles. The molecule has 1 aliphatic heterocycles. The van der Waals surface area contributed by atoms with E-state index in [1.165, 1.54) is 0 Å². The number of carbonyl (C=O) groups is 2. The fourth-order valence-electron chi connectivity index (χ4n) is 2.48. The van der Waals surface area contributed by atoms with E-state index < -0.39 is 23.6 Å². The largest absolute Gasteiger partial charge is 0.416 e. The van der Waals surface area contributed by atoms with Gasteiger partial charge < -0.3 is 20.6 Å². The fourth-order valence-corrected chi connectivity index (χ4v) is 2.48. The summed E-state index contributed by atoms with van der Waals surface area (Å²) < 4.78 is 37.4. The number of nitrogens with zero attached hydrogens (tertiary/aromatic N) is 1. The third-order valence-electron chi connectivity index (χ3n) is 3.95. The molecule has 2 amide bonds. The predicted molar refractivity (Wildman–Crippen MR) is 84.8 cm³/mol. The van der Waals surface area contributed by atoms with Crippen molar-refractivity contribution in [3.63, 3.8) is 0 Å². The lowest BCUT2D eigenvalue weighted by molar-refractivity contribution is -0.137. The van der Waals surface area contributed by atoms with Crippen molar-refractivity contribution < 1.29 is 27.9 Å². The van der Waals surface area contributed by atoms with Gasteiger partial charge in [0.15, 0.2) is 0 Å². The number of aliphatic hydroxyl groups is 1. The SMILES string of the molecule is O=C(NCCN1CCC(O)CC1)C(=O)Nc1ccc(C(F)(F)F)cc1. The summed E-state index contributed by atoms with van der Waals surface area (Å²) in [6.07, 6.45) is -3.37. The lowest BCUT2D eigenvalue weighted by Crippen LogP contribution is -2.43. The molecule has 138 valence electrons. The van der Waals surface area contributed by atoms with Gasteiger partial charge in [-0.2, -0.15) is 13.2 Å². The van der Waals surface area contributed by atoms with Crippen molar-refractivity contribution in [2.75, 3.05) is 31.5 Å². The number of carbonyl (C=O) groups excluding carboxylic acids is 2. The predicted octanol–water partition coefficient (Wildman–Crippen LogP) is 1.22. The highest BCUT2D eigenvalue weighted by atomic mass is 19.4. The standard InChI is InChI=1S/C16H20F3N3O3/c17-16(18,19)11-1-3-12(4-2-11)21-15(25)14(24)20-7-10-22-8-5-13(23)6-9-22/h1-4,13,23H,5-10H2,(H,20,24)(H,21,25). The van der Waals surface area contributed by atoms with Crippen LogP contribution in [-0.2, 0) is 15.8 Å². The van der Waals surface area contributed by atoms with Crippen LogP contribution in [0.1, 0.15) is 18.4 Å². The lowest BCUT2D eigenvalue weighted by Gasteiger charge is -2.29. The Morgan fingerprint density at radius 1 is 1.12 bits per heavy atom. The average molecular weight is 359 g/mol. The molecule has 0 saturated carbocycles. The van der Waals surface area contributed by atoms with E-state index in [0.29, 0.717) is 19.4 Å². The number of rotatable bonds is 4. The summed E-state index contributed by atoms with van der Waals surface area (Å²) in [5.74, 6) is -1.79. The van der Waals surface area contributed by atoms with Crippen molar-refractivity contribution in [1.82, 2.24) is 10.2 Å². The summed E-state index contributed by atoms with van der Waals surface area (Å²) in [4.78, 5) is 25.5. The maximum atomic E-state index is 12.5. The van der Waals surface area contributed by atoms with Crippen LogP contribution in [0.25, 0.3) is 0 Å². The van der Waals surface area contributed by atoms with Gasteiger partial charge in [0, 0.05) is 31.9 Å². The van der Waals surface area contributed by atoms with Crippen LogP contribution in [0.4, 0.5) is 18.9 Å². The van der Waals surface area contributed by atoms with Crippen molar-refractivity contribution in [3.8, 4) is 0 Å². The quantitative estimate of drug-likeness (QED) is 0.706. The number of piperidine rings is 1. The first kappa shape index (κ1) is 19.2. The average Bonchev–Trinajstić information content (AvgIpc) is 2.56. The van der Waals surface area contributed by atoms with Crippen LogP contribution in [0.2, 0.25) is 0 Å². The summed E-state index contributed by atoms with van der Waals surface area (Å²) in [6.45, 7) is 2.30. The van der Waals surface area contributed by atoms with E-state index in [2.05, 4.69) is 15.5 Å². The van der Waals surface area contributed by atoms with Crippen LogP contribution in [0, 0.1) is 0 Å². The fraction of sp³-hybridized carbons (Fsp3) is 0.500. The van der Waals surface area contributed by atoms with E-state index in [1.54, 1.807) is 0 Å². The summed E-state index contributed by atoms with van der Waals surface area (Å²) in [5, 5.41) is 14.1. The molecule has 1 aromatic rings. The summed E-state index contributed by atoms with van der Waals surface area (Å²) in [7, 11) is 0. The molecule has 0 aromatic heterocycles. The van der Waals surface area contributed by atoms with E-state index >= 15 is 0 Å². The van der Waals surface area contributed by atoms with Gasteiger partial charge in [-0.1, -0.05) is 0 Å². The summed E-state index contributed by atoms with van der Waals surface area (Å²) >= 11 is 0. The molecule has 2 rings (SSSR count). The van der Waals surface area contributed by atoms with Crippen molar-refractivity contribution >= 4 is 17.5 Å². The zero-order valence-electron chi connectivity index (χ0n) is 13.5. The summed E-state index contributed by atoms with van der Waals surface area (Å²) in [5.41, 5.74) is -0.722. The lowest BCUT2D eigenvalue weighted by atomic mass is 10.1. The minimum absolute atomic E-state index is 0.109. The molecular weight excluding hydrogens is 339 g/mol. The normalized spacial score (nSPS) is 16.5. The monoisotopic (exact) mass is 359 g/mol. The molecular formula is C16H20F3N3O3. The molecule has 0 spiro atoms. The Morgan fingerprint density at radius 2 is 1.72 bits per heavy atom. The Kier molecular flexibility index (Phi) is 6.38. The van der Waals surface area contributed by atoms with E-state index in [9.17, 15) is 27.9 Å². The van der Waals surface area contributed by atoms with Gasteiger partial charge in [-0.05, 0) is 37.1 Å². The first-order valence-electron chi connectivity index (χ1n) is 7.92. The Labute approximate surface area is 143 Å². The Balaban J connectivity index is 1.73. The van der Waals surface area contributed by atoms with E-state index in [-0.39, 0.29) is 18.3 Å². The molecule has 1 fully saturated rings. The van der Waals surface area contributed by atoms with Gasteiger partial charge in [0.05, 0.1) is 11.7 Å². The molecule has 1 aromatic carbocycles. The van der Waals surface area contributed by atoms with Crippen molar-refractivity contribution in [2.24, 2.45) is 0 Å². The Bertz CT molecular complexity index is 597. The van der Waals surface area contributed by atoms with Crippen LogP contribution >= 0.6 is 0 Å². The van der Waals surface area contributed by atoms with Gasteiger partial charge in [0.25, 0.3) is 0 Å². The molecule has 0 aliphatic carbocycles. The molecule has 6 nitrogen and oxygen atoms in total. The number of anilines is 1. The molecule has 1 aliphatic rings. The number of benzene rings is 1. The maximum Gasteiger partial charge on any atom is 0.416 e. The summed E-state index contributed by atoms with van der Waals surface area (Å²) in [6, 6.07) is 3.84. The highest BCUT2D eigenvalue weighted by molar-refractivity contribution is 6.39. The molecule has 0 atom stereocenters. The molecule has 1 saturated heterocycles. The zero-order valence-corrected chi connectivity index (χ0v) is 13.5. The number of likely N-dealkylation sites (tertiary alicyclic amines) is 1. The molecule has 0 unspecified atom stereocenters. The minimum Gasteiger partial charge on any atom is -0.393 e. The number of amides is 2. The molecule has 0 radical (unpaired) electrons. The third-order valence-corrected chi connectivity index (χ3v) is 3.95. The van der Waals surface area contributed by atoms with Gasteiger partial charge >= 0.3 is 18.0 Å². The minimum atomic E-state index is -4.45. The number of halogens is 3. The first-order chi connectivity index (χ1) is 11.8. The van der Waals surface area contributed by atoms with E-state index in [4.69, 9.17) is 0 Å². The van der Waals surface area contributed by atoms with Crippen LogP contribution in [0.5, 0.6) is 0 Å². The second-order valence-electron chi connectivity index (χ2n) is 5.86. The van der Waals surface area contributed by atoms with E-state index in [0.717, 1.165) is 37.4 Å². The zero-order chi connectivity index (χ0) is 18.4. The Morgan fingerprint density at radius 3 is 2.28 bits per heavy atom. The molecule has 9 heteroatoms. The highest BCUT2D eigenvalue weighted by Crippen LogP contribution is 2.29. The number of aliphatic hydroxyl groups excluding tert-OH is 1. The van der Waals surface area contributed by atoms with Crippen molar-refractivity contribution in [1.29, 1.82) is 0 Å². The van der Waals surface area contributed by atoms with Crippen molar-refractivity contribution in [3.05, 3.63) is 29.8 Å². The van der Waals surface area contributed by atoms with Crippen LogP contribution in [0.3, 0.4) is 0 Å². The molecule has 3 N–H and O–H groups in total. The van der Waals surface area contributed by atoms with Crippen LogP contribution in [-0.4, -0.2) is 54.1 Å². The number of hydrogen-bond donors (Lipinski definition) is 3. The smallest absolute Gasteiger partial charge is 0.393 e. The second kappa shape index (κ2) is 8.30. The Hall–Kier alpha value is -2.13. The third kappa shape index (κ3) is 6.02. The van der Waals surface area contributed by atoms with Gasteiger partial charge in [-0.15, -0.1) is 0 Å². The van der Waals surface area contributed by atoms with Gasteiger partial charge in [-0.3, -0.25) is 9.59 Å². The maximum absolute atomic E-state index is 12.5. The van der Waals surface area contributed by atoms with Crippen LogP contribution in [0.15, 0.2) is 24.3 Å². The van der Waals surface area contributed by atoms with Gasteiger partial charge in [-0.25, -0.2) is 0 Å². The van der Waals surface area contributed by atoms with Crippen LogP contribution < -0.4 is 10.6 Å². The number of hydrogen-bond acceptors (Lipinski definition) is 4. The molecule has 25 heavy (non-hydrogen) atoms. The second-order valence-corrected chi connectivity index (χ2v) is 5.86. The van der Waals surface area contributed by atoms with Crippen molar-refractivity contribution in [2.45, 2.75) is 25.1 Å². The number of nitrogens with one attached hydrogen (secondary N) is 2. The van der Waals surface area contributed by atoms with Gasteiger partial charge in [0.2, 0.25) is 0 Å². The highest BCUT2D eigenvalue weighted by Gasteiger charge is 2.30. The topological polar surface area (TPSA) is 81.7 Å². The van der Waals surface area contributed by atoms with Gasteiger partial charge in [0.1, 0.15) is 0 Å². The van der Waals surface area contributed by atoms with E-state index in [1.807, 2.05) is 0 Å².